The zero-order valence-electron chi connectivity index (χ0n) is 15.9. The van der Waals surface area contributed by atoms with Crippen LogP contribution in [0.4, 0.5) is 5.69 Å². The van der Waals surface area contributed by atoms with E-state index in [1.165, 1.54) is 4.90 Å². The van der Waals surface area contributed by atoms with E-state index in [1.807, 2.05) is 6.07 Å². The summed E-state index contributed by atoms with van der Waals surface area (Å²) < 4.78 is 4.98. The maximum atomic E-state index is 12.4. The normalized spacial score (nSPS) is 10.7. The van der Waals surface area contributed by atoms with Crippen LogP contribution in [0.3, 0.4) is 0 Å². The van der Waals surface area contributed by atoms with E-state index in [2.05, 4.69) is 10.1 Å². The molecule has 3 aromatic rings. The molecule has 0 bridgehead atoms. The van der Waals surface area contributed by atoms with Crippen molar-refractivity contribution in [2.45, 2.75) is 26.7 Å². The minimum absolute atomic E-state index is 0.0151. The molecule has 0 saturated carbocycles. The Balaban J connectivity index is 1.78. The molecular formula is C21H20ClN3O3. The van der Waals surface area contributed by atoms with Crippen LogP contribution in [0.2, 0.25) is 5.02 Å². The van der Waals surface area contributed by atoms with E-state index in [4.69, 9.17) is 16.1 Å². The fourth-order valence-corrected chi connectivity index (χ4v) is 3.11. The minimum atomic E-state index is -0.0570. The monoisotopic (exact) mass is 397 g/mol. The molecule has 1 amide bonds. The van der Waals surface area contributed by atoms with Gasteiger partial charge in [0.2, 0.25) is 5.91 Å². The van der Waals surface area contributed by atoms with Crippen LogP contribution in [0.25, 0.3) is 11.3 Å². The number of halogens is 1. The molecule has 2 aromatic heterocycles. The molecule has 7 heteroatoms. The maximum Gasteiger partial charge on any atom is 0.226 e. The molecule has 0 fully saturated rings. The van der Waals surface area contributed by atoms with Crippen molar-refractivity contribution in [2.75, 3.05) is 11.9 Å². The minimum Gasteiger partial charge on any atom is -0.361 e. The topological polar surface area (TPSA) is 76.3 Å². The molecule has 0 aliphatic rings. The number of benzene rings is 1. The first kappa shape index (κ1) is 19.8. The highest BCUT2D eigenvalue weighted by atomic mass is 35.5. The number of carbonyl (C=O) groups excluding carboxylic acids is 2. The summed E-state index contributed by atoms with van der Waals surface area (Å²) in [5.74, 6) is 0.566. The summed E-state index contributed by atoms with van der Waals surface area (Å²) in [7, 11) is 1.70. The van der Waals surface area contributed by atoms with Crippen molar-refractivity contribution in [3.05, 3.63) is 64.6 Å². The second-order valence-electron chi connectivity index (χ2n) is 6.41. The van der Waals surface area contributed by atoms with Gasteiger partial charge in [-0.15, -0.1) is 0 Å². The Morgan fingerprint density at radius 1 is 1.18 bits per heavy atom. The summed E-state index contributed by atoms with van der Waals surface area (Å²) in [6.07, 6.45) is 3.72. The van der Waals surface area contributed by atoms with Crippen LogP contribution in [0.5, 0.6) is 0 Å². The van der Waals surface area contributed by atoms with Gasteiger partial charge in [0.15, 0.2) is 5.78 Å². The smallest absolute Gasteiger partial charge is 0.226 e. The SMILES string of the molecule is CCC(=O)N(C)c1ccc(-c2ccc(C(=O)Cc3cnoc3C)cn2)cc1Cl. The van der Waals surface area contributed by atoms with Crippen molar-refractivity contribution in [3.63, 3.8) is 0 Å². The first-order valence-electron chi connectivity index (χ1n) is 8.86. The van der Waals surface area contributed by atoms with Crippen molar-refractivity contribution in [1.29, 1.82) is 0 Å². The Morgan fingerprint density at radius 3 is 2.54 bits per heavy atom. The van der Waals surface area contributed by atoms with Crippen LogP contribution in [0.1, 0.15) is 35.0 Å². The Labute approximate surface area is 168 Å². The molecule has 144 valence electrons. The predicted molar refractivity (Wildman–Crippen MR) is 108 cm³/mol. The number of ketones is 1. The molecular weight excluding hydrogens is 378 g/mol. The molecule has 0 aliphatic heterocycles. The van der Waals surface area contributed by atoms with Crippen molar-refractivity contribution in [3.8, 4) is 11.3 Å². The van der Waals surface area contributed by atoms with Gasteiger partial charge >= 0.3 is 0 Å². The number of hydrogen-bond donors (Lipinski definition) is 0. The van der Waals surface area contributed by atoms with Gasteiger partial charge in [-0.2, -0.15) is 0 Å². The number of carbonyl (C=O) groups is 2. The lowest BCUT2D eigenvalue weighted by Gasteiger charge is -2.18. The summed E-state index contributed by atoms with van der Waals surface area (Å²) >= 11 is 6.36. The van der Waals surface area contributed by atoms with Gasteiger partial charge in [-0.3, -0.25) is 14.6 Å². The number of anilines is 1. The second-order valence-corrected chi connectivity index (χ2v) is 6.82. The van der Waals surface area contributed by atoms with Crippen LogP contribution in [0.15, 0.2) is 47.2 Å². The first-order valence-corrected chi connectivity index (χ1v) is 9.24. The van der Waals surface area contributed by atoms with Gasteiger partial charge in [-0.25, -0.2) is 0 Å². The zero-order chi connectivity index (χ0) is 20.3. The molecule has 2 heterocycles. The van der Waals surface area contributed by atoms with E-state index >= 15 is 0 Å². The summed E-state index contributed by atoms with van der Waals surface area (Å²) in [4.78, 5) is 30.2. The van der Waals surface area contributed by atoms with Gasteiger partial charge < -0.3 is 9.42 Å². The quantitative estimate of drug-likeness (QED) is 0.572. The van der Waals surface area contributed by atoms with Crippen molar-refractivity contribution in [2.24, 2.45) is 0 Å². The molecule has 3 rings (SSSR count). The van der Waals surface area contributed by atoms with Gasteiger partial charge in [-0.05, 0) is 31.2 Å². The third kappa shape index (κ3) is 4.12. The predicted octanol–water partition coefficient (Wildman–Crippen LogP) is 4.50. The number of aromatic nitrogens is 2. The fraction of sp³-hybridized carbons (Fsp3) is 0.238. The average molecular weight is 398 g/mol. The molecule has 0 N–H and O–H groups in total. The summed E-state index contributed by atoms with van der Waals surface area (Å²) in [5, 5.41) is 4.15. The van der Waals surface area contributed by atoms with Gasteiger partial charge in [0, 0.05) is 42.8 Å². The fourth-order valence-electron chi connectivity index (χ4n) is 2.80. The Morgan fingerprint density at radius 2 is 1.96 bits per heavy atom. The van der Waals surface area contributed by atoms with E-state index in [-0.39, 0.29) is 18.1 Å². The van der Waals surface area contributed by atoms with E-state index < -0.39 is 0 Å². The lowest BCUT2D eigenvalue weighted by atomic mass is 10.0. The molecule has 0 atom stereocenters. The Bertz CT molecular complexity index is 1010. The van der Waals surface area contributed by atoms with Crippen molar-refractivity contribution >= 4 is 29.0 Å². The molecule has 0 unspecified atom stereocenters. The van der Waals surface area contributed by atoms with Crippen LogP contribution in [0, 0.1) is 6.92 Å². The lowest BCUT2D eigenvalue weighted by molar-refractivity contribution is -0.118. The van der Waals surface area contributed by atoms with Crippen molar-refractivity contribution < 1.29 is 14.1 Å². The standard InChI is InChI=1S/C21H20ClN3O3/c1-4-21(27)25(3)19-8-6-14(9-17(19)22)18-7-5-15(11-23-18)20(26)10-16-12-24-28-13(16)2/h5-9,11-12H,4,10H2,1-3H3. The molecule has 1 aromatic carbocycles. The van der Waals surface area contributed by atoms with Gasteiger partial charge in [0.1, 0.15) is 5.76 Å². The first-order chi connectivity index (χ1) is 13.4. The van der Waals surface area contributed by atoms with Gasteiger partial charge in [0.25, 0.3) is 0 Å². The lowest BCUT2D eigenvalue weighted by Crippen LogP contribution is -2.25. The highest BCUT2D eigenvalue weighted by molar-refractivity contribution is 6.34. The van der Waals surface area contributed by atoms with E-state index in [9.17, 15) is 9.59 Å². The van der Waals surface area contributed by atoms with Crippen LogP contribution >= 0.6 is 11.6 Å². The van der Waals surface area contributed by atoms with Crippen LogP contribution in [-0.2, 0) is 11.2 Å². The maximum absolute atomic E-state index is 12.4. The molecule has 0 saturated heterocycles. The van der Waals surface area contributed by atoms with Crippen LogP contribution < -0.4 is 4.90 Å². The largest absolute Gasteiger partial charge is 0.361 e. The number of Topliss-reactive ketones (excluding diaryl/α,β-unsaturated/α-hetero) is 1. The number of hydrogen-bond acceptors (Lipinski definition) is 5. The Kier molecular flexibility index (Phi) is 5.90. The number of nitrogens with zero attached hydrogens (tertiary/aromatic N) is 3. The highest BCUT2D eigenvalue weighted by Crippen LogP contribution is 2.30. The molecule has 0 radical (unpaired) electrons. The van der Waals surface area contributed by atoms with E-state index in [1.54, 1.807) is 57.6 Å². The molecule has 6 nitrogen and oxygen atoms in total. The second kappa shape index (κ2) is 8.35. The van der Waals surface area contributed by atoms with Crippen molar-refractivity contribution in [1.82, 2.24) is 10.1 Å². The number of rotatable bonds is 6. The summed E-state index contributed by atoms with van der Waals surface area (Å²) in [6, 6.07) is 8.92. The summed E-state index contributed by atoms with van der Waals surface area (Å²) in [5.41, 5.74) is 3.42. The molecule has 0 spiro atoms. The number of aryl methyl sites for hydroxylation is 1. The number of pyridine rings is 1. The van der Waals surface area contributed by atoms with E-state index in [0.29, 0.717) is 34.1 Å². The number of amides is 1. The molecule has 0 aliphatic carbocycles. The third-order valence-electron chi connectivity index (χ3n) is 4.57. The molecule has 28 heavy (non-hydrogen) atoms. The zero-order valence-corrected chi connectivity index (χ0v) is 16.7. The average Bonchev–Trinajstić information content (AvgIpc) is 3.11. The third-order valence-corrected chi connectivity index (χ3v) is 4.87. The summed E-state index contributed by atoms with van der Waals surface area (Å²) in [6.45, 7) is 3.58. The van der Waals surface area contributed by atoms with E-state index in [0.717, 1.165) is 11.1 Å². The Hall–Kier alpha value is -2.99. The van der Waals surface area contributed by atoms with Gasteiger partial charge in [0.05, 0.1) is 22.6 Å². The van der Waals surface area contributed by atoms with Gasteiger partial charge in [-0.1, -0.05) is 29.7 Å². The highest BCUT2D eigenvalue weighted by Gasteiger charge is 2.15. The van der Waals surface area contributed by atoms with Crippen LogP contribution in [-0.4, -0.2) is 28.9 Å².